The lowest BCUT2D eigenvalue weighted by molar-refractivity contribution is -0.153. The molecule has 72 valence electrons. The van der Waals surface area contributed by atoms with Gasteiger partial charge in [-0.1, -0.05) is 0 Å². The fourth-order valence-corrected chi connectivity index (χ4v) is 0.566. The molecule has 2 N–H and O–H groups in total. The molecule has 0 spiro atoms. The fourth-order valence-electron chi connectivity index (χ4n) is 0.566. The summed E-state index contributed by atoms with van der Waals surface area (Å²) in [5.74, 6) is 0.676. The molecule has 0 aliphatic rings. The Morgan fingerprint density at radius 2 is 2.08 bits per heavy atom. The summed E-state index contributed by atoms with van der Waals surface area (Å²) in [6.45, 7) is 3.01. The maximum absolute atomic E-state index is 11.2. The van der Waals surface area contributed by atoms with Gasteiger partial charge in [0, 0.05) is 13.0 Å². The minimum atomic E-state index is -1.39. The number of hydrogen-bond acceptors (Lipinski definition) is 2. The first kappa shape index (κ1) is 11.5. The molecule has 0 fully saturated rings. The van der Waals surface area contributed by atoms with Crippen molar-refractivity contribution >= 4 is 11.9 Å². The number of carbonyl (C=O) groups excluding carboxylic acids is 1. The van der Waals surface area contributed by atoms with Crippen molar-refractivity contribution in [1.29, 1.82) is 0 Å². The van der Waals surface area contributed by atoms with Gasteiger partial charge in [-0.25, -0.2) is 0 Å². The molecule has 0 bridgehead atoms. The Morgan fingerprint density at radius 3 is 2.46 bits per heavy atom. The molecular formula is C9H13NO3. The van der Waals surface area contributed by atoms with Crippen molar-refractivity contribution in [2.75, 3.05) is 6.54 Å². The minimum absolute atomic E-state index is 0.312. The van der Waals surface area contributed by atoms with Crippen molar-refractivity contribution < 1.29 is 14.7 Å². The van der Waals surface area contributed by atoms with Crippen LogP contribution >= 0.6 is 0 Å². The summed E-state index contributed by atoms with van der Waals surface area (Å²) >= 11 is 0. The molecule has 0 aliphatic heterocycles. The molecule has 0 aliphatic carbocycles. The van der Waals surface area contributed by atoms with E-state index in [9.17, 15) is 9.59 Å². The summed E-state index contributed by atoms with van der Waals surface area (Å²) in [6, 6.07) is 0. The molecule has 0 aromatic rings. The maximum Gasteiger partial charge on any atom is 0.318 e. The molecule has 0 rings (SSSR count). The summed E-state index contributed by atoms with van der Waals surface area (Å²) in [5, 5.41) is 11.1. The molecule has 0 saturated carbocycles. The summed E-state index contributed by atoms with van der Waals surface area (Å²) in [4.78, 5) is 21.8. The van der Waals surface area contributed by atoms with Crippen molar-refractivity contribution in [2.45, 2.75) is 20.3 Å². The van der Waals surface area contributed by atoms with Crippen LogP contribution in [0.15, 0.2) is 0 Å². The van der Waals surface area contributed by atoms with Gasteiger partial charge in [-0.2, -0.15) is 0 Å². The van der Waals surface area contributed by atoms with E-state index in [2.05, 4.69) is 11.2 Å². The van der Waals surface area contributed by atoms with E-state index in [-0.39, 0.29) is 0 Å². The van der Waals surface area contributed by atoms with E-state index in [1.54, 1.807) is 0 Å². The number of rotatable bonds is 4. The summed E-state index contributed by atoms with van der Waals surface area (Å²) in [5.41, 5.74) is -1.39. The van der Waals surface area contributed by atoms with Gasteiger partial charge in [0.25, 0.3) is 0 Å². The Labute approximate surface area is 77.3 Å². The van der Waals surface area contributed by atoms with E-state index < -0.39 is 17.3 Å². The third-order valence-corrected chi connectivity index (χ3v) is 1.66. The largest absolute Gasteiger partial charge is 0.480 e. The minimum Gasteiger partial charge on any atom is -0.480 e. The summed E-state index contributed by atoms with van der Waals surface area (Å²) in [6.07, 6.45) is 5.37. The molecule has 0 atom stereocenters. The monoisotopic (exact) mass is 183 g/mol. The third kappa shape index (κ3) is 3.16. The number of terminal acetylenes is 1. The number of hydrogen-bond donors (Lipinski definition) is 2. The Balaban J connectivity index is 4.12. The van der Waals surface area contributed by atoms with E-state index in [4.69, 9.17) is 11.5 Å². The van der Waals surface area contributed by atoms with E-state index in [0.717, 1.165) is 0 Å². The van der Waals surface area contributed by atoms with Crippen LogP contribution in [0.1, 0.15) is 20.3 Å². The number of nitrogens with one attached hydrogen (secondary N) is 1. The lowest BCUT2D eigenvalue weighted by atomic mass is 9.93. The average Bonchev–Trinajstić information content (AvgIpc) is 2.04. The fraction of sp³-hybridized carbons (Fsp3) is 0.556. The molecule has 0 radical (unpaired) electrons. The molecule has 4 nitrogen and oxygen atoms in total. The number of carbonyl (C=O) groups is 2. The lowest BCUT2D eigenvalue weighted by Crippen LogP contribution is -2.42. The zero-order valence-corrected chi connectivity index (χ0v) is 7.76. The normalized spacial score (nSPS) is 10.2. The van der Waals surface area contributed by atoms with Gasteiger partial charge in [-0.05, 0) is 13.8 Å². The Bertz CT molecular complexity index is 250. The van der Waals surface area contributed by atoms with Crippen molar-refractivity contribution in [3.05, 3.63) is 0 Å². The van der Waals surface area contributed by atoms with Crippen LogP contribution in [-0.4, -0.2) is 23.5 Å². The van der Waals surface area contributed by atoms with Crippen LogP contribution in [-0.2, 0) is 9.59 Å². The molecule has 1 amide bonds. The maximum atomic E-state index is 11.2. The molecule has 13 heavy (non-hydrogen) atoms. The van der Waals surface area contributed by atoms with Crippen molar-refractivity contribution in [1.82, 2.24) is 5.32 Å². The van der Waals surface area contributed by atoms with Crippen LogP contribution in [0.4, 0.5) is 0 Å². The number of carboxylic acid groups (broad SMARTS) is 1. The number of carboxylic acids is 1. The van der Waals surface area contributed by atoms with E-state index in [1.165, 1.54) is 13.8 Å². The van der Waals surface area contributed by atoms with Gasteiger partial charge in [0.2, 0.25) is 5.91 Å². The van der Waals surface area contributed by atoms with Gasteiger partial charge in [-0.15, -0.1) is 12.3 Å². The smallest absolute Gasteiger partial charge is 0.318 e. The number of aliphatic carboxylic acids is 1. The first-order valence-corrected chi connectivity index (χ1v) is 3.88. The highest BCUT2D eigenvalue weighted by Crippen LogP contribution is 2.14. The highest BCUT2D eigenvalue weighted by molar-refractivity contribution is 6.00. The second-order valence-electron chi connectivity index (χ2n) is 3.14. The van der Waals surface area contributed by atoms with Gasteiger partial charge < -0.3 is 10.4 Å². The molecule has 0 aromatic heterocycles. The average molecular weight is 183 g/mol. The van der Waals surface area contributed by atoms with Gasteiger partial charge >= 0.3 is 5.97 Å². The Hall–Kier alpha value is -1.50. The molecule has 4 heteroatoms. The first-order chi connectivity index (χ1) is 5.92. The molecule has 0 saturated heterocycles. The third-order valence-electron chi connectivity index (χ3n) is 1.66. The second kappa shape index (κ2) is 4.51. The van der Waals surface area contributed by atoms with Crippen LogP contribution in [0.5, 0.6) is 0 Å². The topological polar surface area (TPSA) is 66.4 Å². The highest BCUT2D eigenvalue weighted by atomic mass is 16.4. The SMILES string of the molecule is C#CCCNC(=O)C(C)(C)C(=O)O. The second-order valence-corrected chi connectivity index (χ2v) is 3.14. The van der Waals surface area contributed by atoms with Crippen molar-refractivity contribution in [2.24, 2.45) is 5.41 Å². The number of amides is 1. The zero-order chi connectivity index (χ0) is 10.5. The van der Waals surface area contributed by atoms with Crippen LogP contribution in [0.2, 0.25) is 0 Å². The zero-order valence-electron chi connectivity index (χ0n) is 7.76. The molecular weight excluding hydrogens is 170 g/mol. The van der Waals surface area contributed by atoms with Gasteiger partial charge in [0.1, 0.15) is 5.41 Å². The molecule has 0 heterocycles. The predicted molar refractivity (Wildman–Crippen MR) is 47.9 cm³/mol. The quantitative estimate of drug-likeness (QED) is 0.372. The lowest BCUT2D eigenvalue weighted by Gasteiger charge is -2.17. The molecule has 0 unspecified atom stereocenters. The van der Waals surface area contributed by atoms with Gasteiger partial charge in [0.15, 0.2) is 0 Å². The van der Waals surface area contributed by atoms with Crippen LogP contribution in [0.25, 0.3) is 0 Å². The van der Waals surface area contributed by atoms with Crippen molar-refractivity contribution in [3.8, 4) is 12.3 Å². The van der Waals surface area contributed by atoms with Gasteiger partial charge in [0.05, 0.1) is 0 Å². The molecule has 0 aromatic carbocycles. The Kier molecular flexibility index (Phi) is 3.99. The van der Waals surface area contributed by atoms with E-state index in [1.807, 2.05) is 0 Å². The van der Waals surface area contributed by atoms with Crippen molar-refractivity contribution in [3.63, 3.8) is 0 Å². The highest BCUT2D eigenvalue weighted by Gasteiger charge is 2.35. The standard InChI is InChI=1S/C9H13NO3/c1-4-5-6-10-7(11)9(2,3)8(12)13/h1H,5-6H2,2-3H3,(H,10,11)(H,12,13). The van der Waals surface area contributed by atoms with E-state index >= 15 is 0 Å². The van der Waals surface area contributed by atoms with Crippen LogP contribution < -0.4 is 5.32 Å². The predicted octanol–water partition coefficient (Wildman–Crippen LogP) is 0.237. The first-order valence-electron chi connectivity index (χ1n) is 3.88. The summed E-state index contributed by atoms with van der Waals surface area (Å²) < 4.78 is 0. The van der Waals surface area contributed by atoms with Crippen LogP contribution in [0.3, 0.4) is 0 Å². The Morgan fingerprint density at radius 1 is 1.54 bits per heavy atom. The van der Waals surface area contributed by atoms with E-state index in [0.29, 0.717) is 13.0 Å². The van der Waals surface area contributed by atoms with Gasteiger partial charge in [-0.3, -0.25) is 9.59 Å². The van der Waals surface area contributed by atoms with Crippen LogP contribution in [0, 0.1) is 17.8 Å². The summed E-state index contributed by atoms with van der Waals surface area (Å²) in [7, 11) is 0.